The molecule has 0 unspecified atom stereocenters. The maximum absolute atomic E-state index is 14.7. The van der Waals surface area contributed by atoms with Crippen molar-refractivity contribution in [3.63, 3.8) is 0 Å². The molecule has 0 aliphatic carbocycles. The lowest BCUT2D eigenvalue weighted by Gasteiger charge is -2.21. The quantitative estimate of drug-likeness (QED) is 0.159. The average Bonchev–Trinajstić information content (AvgIpc) is 2.95. The number of benzene rings is 3. The Morgan fingerprint density at radius 3 is 1.68 bits per heavy atom. The zero-order valence-electron chi connectivity index (χ0n) is 22.0. The molecule has 5 aromatic rings. The molecule has 6 nitrogen and oxygen atoms in total. The van der Waals surface area contributed by atoms with E-state index >= 15 is 0 Å². The minimum atomic E-state index is -1.03. The SMILES string of the molecule is Cc1cc(SCC(=O)NC(NC(=O)CSc2cc(C)c3ccccc3n2)c2ccccc2F)nc2ccccc12. The third-order valence-corrected chi connectivity index (χ3v) is 8.15. The van der Waals surface area contributed by atoms with Gasteiger partial charge in [-0.1, -0.05) is 78.1 Å². The molecular formula is C31H27FN4O2S2. The number of amides is 2. The molecule has 202 valence electrons. The van der Waals surface area contributed by atoms with Gasteiger partial charge in [-0.3, -0.25) is 9.59 Å². The second-order valence-electron chi connectivity index (χ2n) is 9.26. The number of nitrogens with zero attached hydrogens (tertiary/aromatic N) is 2. The van der Waals surface area contributed by atoms with E-state index in [9.17, 15) is 14.0 Å². The van der Waals surface area contributed by atoms with E-state index in [2.05, 4.69) is 20.6 Å². The molecule has 0 aliphatic heterocycles. The fraction of sp³-hybridized carbons (Fsp3) is 0.161. The van der Waals surface area contributed by atoms with Crippen molar-refractivity contribution in [3.05, 3.63) is 107 Å². The van der Waals surface area contributed by atoms with Gasteiger partial charge in [0.25, 0.3) is 0 Å². The summed E-state index contributed by atoms with van der Waals surface area (Å²) in [6.07, 6.45) is -1.03. The Hall–Kier alpha value is -3.95. The van der Waals surface area contributed by atoms with Crippen molar-refractivity contribution in [1.29, 1.82) is 0 Å². The highest BCUT2D eigenvalue weighted by Crippen LogP contribution is 2.25. The highest BCUT2D eigenvalue weighted by atomic mass is 32.2. The zero-order chi connectivity index (χ0) is 28.1. The second kappa shape index (κ2) is 12.5. The number of fused-ring (bicyclic) bond motifs is 2. The number of carbonyl (C=O) groups excluding carboxylic acids is 2. The number of para-hydroxylation sites is 2. The number of hydrogen-bond donors (Lipinski definition) is 2. The number of aryl methyl sites for hydroxylation is 2. The van der Waals surface area contributed by atoms with Gasteiger partial charge in [0, 0.05) is 16.3 Å². The van der Waals surface area contributed by atoms with Gasteiger partial charge in [-0.15, -0.1) is 0 Å². The first kappa shape index (κ1) is 27.6. The number of halogens is 1. The van der Waals surface area contributed by atoms with Gasteiger partial charge in [0.05, 0.1) is 32.6 Å². The largest absolute Gasteiger partial charge is 0.331 e. The number of aromatic nitrogens is 2. The summed E-state index contributed by atoms with van der Waals surface area (Å²) in [7, 11) is 0. The van der Waals surface area contributed by atoms with Crippen LogP contribution in [-0.2, 0) is 9.59 Å². The molecule has 0 bridgehead atoms. The Morgan fingerprint density at radius 2 is 1.18 bits per heavy atom. The van der Waals surface area contributed by atoms with Gasteiger partial charge in [0.2, 0.25) is 11.8 Å². The molecule has 2 amide bonds. The first-order valence-corrected chi connectivity index (χ1v) is 14.7. The van der Waals surface area contributed by atoms with Crippen LogP contribution in [0.2, 0.25) is 0 Å². The van der Waals surface area contributed by atoms with Crippen LogP contribution in [-0.4, -0.2) is 33.3 Å². The summed E-state index contributed by atoms with van der Waals surface area (Å²) in [6.45, 7) is 4.01. The summed E-state index contributed by atoms with van der Waals surface area (Å²) in [6, 6.07) is 25.6. The minimum absolute atomic E-state index is 0.0562. The van der Waals surface area contributed by atoms with Crippen molar-refractivity contribution in [2.45, 2.75) is 30.1 Å². The summed E-state index contributed by atoms with van der Waals surface area (Å²) in [5.41, 5.74) is 4.03. The van der Waals surface area contributed by atoms with Crippen molar-refractivity contribution in [3.8, 4) is 0 Å². The Labute approximate surface area is 240 Å². The van der Waals surface area contributed by atoms with E-state index in [1.165, 1.54) is 29.6 Å². The van der Waals surface area contributed by atoms with E-state index in [0.29, 0.717) is 10.1 Å². The normalized spacial score (nSPS) is 11.2. The van der Waals surface area contributed by atoms with Crippen molar-refractivity contribution in [2.75, 3.05) is 11.5 Å². The van der Waals surface area contributed by atoms with Crippen molar-refractivity contribution in [2.24, 2.45) is 0 Å². The summed E-state index contributed by atoms with van der Waals surface area (Å²) in [4.78, 5) is 35.1. The summed E-state index contributed by atoms with van der Waals surface area (Å²) in [5.74, 6) is -1.12. The van der Waals surface area contributed by atoms with Crippen LogP contribution in [0.5, 0.6) is 0 Å². The molecule has 9 heteroatoms. The first-order chi connectivity index (χ1) is 19.4. The molecule has 2 heterocycles. The molecule has 40 heavy (non-hydrogen) atoms. The highest BCUT2D eigenvalue weighted by Gasteiger charge is 2.21. The molecule has 3 aromatic carbocycles. The summed E-state index contributed by atoms with van der Waals surface area (Å²) < 4.78 is 14.7. The van der Waals surface area contributed by atoms with Crippen LogP contribution in [0.1, 0.15) is 22.9 Å². The highest BCUT2D eigenvalue weighted by molar-refractivity contribution is 8.00. The van der Waals surface area contributed by atoms with Crippen LogP contribution < -0.4 is 10.6 Å². The molecular weight excluding hydrogens is 543 g/mol. The lowest BCUT2D eigenvalue weighted by molar-refractivity contribution is -0.121. The van der Waals surface area contributed by atoms with Gasteiger partial charge in [-0.2, -0.15) is 0 Å². The number of nitrogens with one attached hydrogen (secondary N) is 2. The molecule has 0 saturated carbocycles. The predicted molar refractivity (Wildman–Crippen MR) is 160 cm³/mol. The molecule has 2 aromatic heterocycles. The third kappa shape index (κ3) is 6.60. The standard InChI is InChI=1S/C31H27FN4O2S2/c1-19-15-29(33-25-13-7-4-9-21(19)25)39-17-27(37)35-31(23-11-3-6-12-24(23)32)36-28(38)18-40-30-16-20(2)22-10-5-8-14-26(22)34-30/h3-16,31H,17-18H2,1-2H3,(H,35,37)(H,36,38). The number of thioether (sulfide) groups is 2. The number of carbonyl (C=O) groups is 2. The third-order valence-electron chi connectivity index (χ3n) is 6.33. The van der Waals surface area contributed by atoms with Gasteiger partial charge in [-0.25, -0.2) is 14.4 Å². The molecule has 0 atom stereocenters. The van der Waals surface area contributed by atoms with E-state index in [4.69, 9.17) is 0 Å². The maximum Gasteiger partial charge on any atom is 0.232 e. The van der Waals surface area contributed by atoms with Gasteiger partial charge in [0.15, 0.2) is 0 Å². The van der Waals surface area contributed by atoms with Crippen molar-refractivity contribution < 1.29 is 14.0 Å². The fourth-order valence-electron chi connectivity index (χ4n) is 4.37. The Kier molecular flexibility index (Phi) is 8.62. The molecule has 0 fully saturated rings. The van der Waals surface area contributed by atoms with Crippen molar-refractivity contribution in [1.82, 2.24) is 20.6 Å². The molecule has 0 aliphatic rings. The van der Waals surface area contributed by atoms with E-state index < -0.39 is 12.0 Å². The average molecular weight is 571 g/mol. The van der Waals surface area contributed by atoms with Crippen LogP contribution in [0.25, 0.3) is 21.8 Å². The van der Waals surface area contributed by atoms with Crippen LogP contribution in [0.3, 0.4) is 0 Å². The van der Waals surface area contributed by atoms with Crippen LogP contribution in [0.15, 0.2) is 95.0 Å². The number of pyridine rings is 2. The van der Waals surface area contributed by atoms with Crippen LogP contribution >= 0.6 is 23.5 Å². The summed E-state index contributed by atoms with van der Waals surface area (Å²) in [5, 5.41) is 9.10. The monoisotopic (exact) mass is 570 g/mol. The minimum Gasteiger partial charge on any atom is -0.331 e. The molecule has 5 rings (SSSR count). The number of rotatable bonds is 9. The topological polar surface area (TPSA) is 84.0 Å². The lowest BCUT2D eigenvalue weighted by atomic mass is 10.1. The first-order valence-electron chi connectivity index (χ1n) is 12.7. The Balaban J connectivity index is 1.25. The smallest absolute Gasteiger partial charge is 0.232 e. The van der Waals surface area contributed by atoms with Gasteiger partial charge < -0.3 is 10.6 Å². The predicted octanol–water partition coefficient (Wildman–Crippen LogP) is 6.35. The Bertz CT molecular complexity index is 1610. The van der Waals surface area contributed by atoms with Crippen LogP contribution in [0.4, 0.5) is 4.39 Å². The van der Waals surface area contributed by atoms with E-state index in [1.54, 1.807) is 18.2 Å². The van der Waals surface area contributed by atoms with E-state index in [1.807, 2.05) is 74.5 Å². The van der Waals surface area contributed by atoms with E-state index in [-0.39, 0.29) is 28.9 Å². The zero-order valence-corrected chi connectivity index (χ0v) is 23.6. The van der Waals surface area contributed by atoms with Crippen LogP contribution in [0, 0.1) is 19.7 Å². The Morgan fingerprint density at radius 1 is 0.725 bits per heavy atom. The molecule has 0 saturated heterocycles. The number of hydrogen-bond acceptors (Lipinski definition) is 6. The van der Waals surface area contributed by atoms with Gasteiger partial charge in [0.1, 0.15) is 12.0 Å². The fourth-order valence-corrected chi connectivity index (χ4v) is 5.94. The summed E-state index contributed by atoms with van der Waals surface area (Å²) >= 11 is 2.57. The molecule has 0 radical (unpaired) electrons. The second-order valence-corrected chi connectivity index (χ2v) is 11.2. The van der Waals surface area contributed by atoms with E-state index in [0.717, 1.165) is 32.9 Å². The van der Waals surface area contributed by atoms with Gasteiger partial charge >= 0.3 is 0 Å². The lowest BCUT2D eigenvalue weighted by Crippen LogP contribution is -2.42. The molecule has 0 spiro atoms. The van der Waals surface area contributed by atoms with Gasteiger partial charge in [-0.05, 0) is 55.3 Å². The van der Waals surface area contributed by atoms with Crippen molar-refractivity contribution >= 4 is 57.1 Å². The maximum atomic E-state index is 14.7. The molecule has 2 N–H and O–H groups in total.